The first-order valence-corrected chi connectivity index (χ1v) is 6.49. The quantitative estimate of drug-likeness (QED) is 0.751. The Morgan fingerprint density at radius 2 is 2.00 bits per heavy atom. The van der Waals surface area contributed by atoms with Crippen LogP contribution in [-0.4, -0.2) is 13.1 Å². The highest BCUT2D eigenvalue weighted by Gasteiger charge is 2.32. The average Bonchev–Trinajstić information content (AvgIpc) is 2.65. The molecule has 1 atom stereocenters. The molecular weight excluding hydrogens is 208 g/mol. The molecule has 1 fully saturated rings. The van der Waals surface area contributed by atoms with Gasteiger partial charge in [-0.2, -0.15) is 0 Å². The van der Waals surface area contributed by atoms with Gasteiger partial charge in [0.05, 0.1) is 11.4 Å². The van der Waals surface area contributed by atoms with Crippen molar-refractivity contribution in [3.8, 4) is 0 Å². The Kier molecular flexibility index (Phi) is 3.07. The number of benzene rings is 1. The summed E-state index contributed by atoms with van der Waals surface area (Å²) in [6, 6.07) is 6.19. The summed E-state index contributed by atoms with van der Waals surface area (Å²) in [5, 5.41) is 0. The minimum atomic E-state index is 0.395. The summed E-state index contributed by atoms with van der Waals surface area (Å²) < 4.78 is 0. The van der Waals surface area contributed by atoms with E-state index in [0.29, 0.717) is 5.41 Å². The Labute approximate surface area is 105 Å². The number of rotatable bonds is 1. The molecule has 1 saturated heterocycles. The molecule has 1 aliphatic rings. The molecule has 0 amide bonds. The van der Waals surface area contributed by atoms with E-state index >= 15 is 0 Å². The number of nitrogens with two attached hydrogens (primary N) is 1. The fourth-order valence-electron chi connectivity index (χ4n) is 2.78. The number of nitrogen functional groups attached to an aromatic ring is 1. The van der Waals surface area contributed by atoms with Crippen molar-refractivity contribution in [2.75, 3.05) is 23.7 Å². The van der Waals surface area contributed by atoms with Crippen LogP contribution in [0.4, 0.5) is 11.4 Å². The SMILES string of the molecule is Cc1cccc(N)c1N1CCC(C(C)(C)C)C1. The molecule has 0 bridgehead atoms. The fraction of sp³-hybridized carbons (Fsp3) is 0.600. The first-order chi connectivity index (χ1) is 7.89. The molecule has 1 heterocycles. The van der Waals surface area contributed by atoms with E-state index in [9.17, 15) is 0 Å². The highest BCUT2D eigenvalue weighted by molar-refractivity contribution is 5.71. The molecule has 2 nitrogen and oxygen atoms in total. The van der Waals surface area contributed by atoms with Crippen molar-refractivity contribution in [2.45, 2.75) is 34.1 Å². The van der Waals surface area contributed by atoms with Gasteiger partial charge >= 0.3 is 0 Å². The number of hydrogen-bond donors (Lipinski definition) is 1. The summed E-state index contributed by atoms with van der Waals surface area (Å²) in [5.74, 6) is 0.765. The summed E-state index contributed by atoms with van der Waals surface area (Å²) in [5.41, 5.74) is 9.97. The van der Waals surface area contributed by atoms with E-state index in [1.165, 1.54) is 17.7 Å². The summed E-state index contributed by atoms with van der Waals surface area (Å²) >= 11 is 0. The third kappa shape index (κ3) is 2.41. The number of aryl methyl sites for hydroxylation is 1. The van der Waals surface area contributed by atoms with E-state index in [4.69, 9.17) is 5.73 Å². The van der Waals surface area contributed by atoms with Gasteiger partial charge in [0.1, 0.15) is 0 Å². The van der Waals surface area contributed by atoms with Crippen LogP contribution in [0.25, 0.3) is 0 Å². The van der Waals surface area contributed by atoms with Crippen molar-refractivity contribution in [2.24, 2.45) is 11.3 Å². The minimum Gasteiger partial charge on any atom is -0.397 e. The molecule has 1 aromatic rings. The first kappa shape index (κ1) is 12.3. The van der Waals surface area contributed by atoms with Crippen LogP contribution in [0.1, 0.15) is 32.8 Å². The van der Waals surface area contributed by atoms with E-state index in [0.717, 1.165) is 24.7 Å². The van der Waals surface area contributed by atoms with Gasteiger partial charge in [-0.3, -0.25) is 0 Å². The lowest BCUT2D eigenvalue weighted by Gasteiger charge is -2.28. The Hall–Kier alpha value is -1.18. The molecule has 0 spiro atoms. The number of para-hydroxylation sites is 1. The molecule has 0 saturated carbocycles. The molecule has 2 N–H and O–H groups in total. The molecule has 0 radical (unpaired) electrons. The first-order valence-electron chi connectivity index (χ1n) is 6.49. The third-order valence-corrected chi connectivity index (χ3v) is 4.00. The molecule has 1 unspecified atom stereocenters. The predicted octanol–water partition coefficient (Wildman–Crippen LogP) is 3.45. The fourth-order valence-corrected chi connectivity index (χ4v) is 2.78. The normalized spacial score (nSPS) is 20.9. The van der Waals surface area contributed by atoms with Crippen molar-refractivity contribution in [1.29, 1.82) is 0 Å². The molecular formula is C15H24N2. The largest absolute Gasteiger partial charge is 0.397 e. The standard InChI is InChI=1S/C15H24N2/c1-11-6-5-7-13(16)14(11)17-9-8-12(10-17)15(2,3)4/h5-7,12H,8-10,16H2,1-4H3. The summed E-state index contributed by atoms with van der Waals surface area (Å²) in [7, 11) is 0. The summed E-state index contributed by atoms with van der Waals surface area (Å²) in [6.07, 6.45) is 1.28. The number of anilines is 2. The Balaban J connectivity index is 2.21. The van der Waals surface area contributed by atoms with Crippen LogP contribution in [0.3, 0.4) is 0 Å². The number of nitrogens with zero attached hydrogens (tertiary/aromatic N) is 1. The van der Waals surface area contributed by atoms with Crippen LogP contribution >= 0.6 is 0 Å². The average molecular weight is 232 g/mol. The molecule has 2 heteroatoms. The molecule has 2 rings (SSSR count). The van der Waals surface area contributed by atoms with Crippen LogP contribution in [0, 0.1) is 18.3 Å². The van der Waals surface area contributed by atoms with Crippen LogP contribution in [0.15, 0.2) is 18.2 Å². The predicted molar refractivity (Wildman–Crippen MR) is 75.4 cm³/mol. The molecule has 0 aromatic heterocycles. The van der Waals surface area contributed by atoms with E-state index in [1.54, 1.807) is 0 Å². The lowest BCUT2D eigenvalue weighted by molar-refractivity contribution is 0.263. The van der Waals surface area contributed by atoms with Crippen LogP contribution in [0.5, 0.6) is 0 Å². The summed E-state index contributed by atoms with van der Waals surface area (Å²) in [6.45, 7) is 11.4. The Morgan fingerprint density at radius 1 is 1.29 bits per heavy atom. The third-order valence-electron chi connectivity index (χ3n) is 4.00. The summed E-state index contributed by atoms with van der Waals surface area (Å²) in [4.78, 5) is 2.46. The van der Waals surface area contributed by atoms with E-state index in [-0.39, 0.29) is 0 Å². The zero-order valence-corrected chi connectivity index (χ0v) is 11.5. The van der Waals surface area contributed by atoms with Gasteiger partial charge in [0.25, 0.3) is 0 Å². The van der Waals surface area contributed by atoms with Crippen LogP contribution in [-0.2, 0) is 0 Å². The molecule has 1 aromatic carbocycles. The maximum atomic E-state index is 6.11. The zero-order chi connectivity index (χ0) is 12.6. The van der Waals surface area contributed by atoms with Crippen molar-refractivity contribution in [1.82, 2.24) is 0 Å². The van der Waals surface area contributed by atoms with Crippen LogP contribution < -0.4 is 10.6 Å². The lowest BCUT2D eigenvalue weighted by atomic mass is 9.80. The second-order valence-electron chi connectivity index (χ2n) is 6.31. The molecule has 17 heavy (non-hydrogen) atoms. The Bertz CT molecular complexity index is 384. The van der Waals surface area contributed by atoms with Gasteiger partial charge in [0.15, 0.2) is 0 Å². The smallest absolute Gasteiger partial charge is 0.0629 e. The van der Waals surface area contributed by atoms with Crippen molar-refractivity contribution < 1.29 is 0 Å². The van der Waals surface area contributed by atoms with E-state index in [1.807, 2.05) is 12.1 Å². The van der Waals surface area contributed by atoms with Crippen LogP contribution in [0.2, 0.25) is 0 Å². The van der Waals surface area contributed by atoms with Gasteiger partial charge in [-0.15, -0.1) is 0 Å². The highest BCUT2D eigenvalue weighted by Crippen LogP contribution is 2.38. The van der Waals surface area contributed by atoms with E-state index in [2.05, 4.69) is 38.7 Å². The molecule has 1 aliphatic heterocycles. The van der Waals surface area contributed by atoms with Gasteiger partial charge in [-0.1, -0.05) is 32.9 Å². The van der Waals surface area contributed by atoms with Crippen molar-refractivity contribution >= 4 is 11.4 Å². The molecule has 94 valence electrons. The highest BCUT2D eigenvalue weighted by atomic mass is 15.2. The minimum absolute atomic E-state index is 0.395. The maximum Gasteiger partial charge on any atom is 0.0629 e. The maximum absolute atomic E-state index is 6.11. The Morgan fingerprint density at radius 3 is 2.53 bits per heavy atom. The van der Waals surface area contributed by atoms with Crippen molar-refractivity contribution in [3.05, 3.63) is 23.8 Å². The monoisotopic (exact) mass is 232 g/mol. The van der Waals surface area contributed by atoms with Gasteiger partial charge in [0, 0.05) is 13.1 Å². The van der Waals surface area contributed by atoms with Gasteiger partial charge < -0.3 is 10.6 Å². The van der Waals surface area contributed by atoms with Gasteiger partial charge in [-0.25, -0.2) is 0 Å². The topological polar surface area (TPSA) is 29.3 Å². The second kappa shape index (κ2) is 4.25. The van der Waals surface area contributed by atoms with Gasteiger partial charge in [-0.05, 0) is 36.3 Å². The van der Waals surface area contributed by atoms with Crippen molar-refractivity contribution in [3.63, 3.8) is 0 Å². The van der Waals surface area contributed by atoms with E-state index < -0.39 is 0 Å². The van der Waals surface area contributed by atoms with Gasteiger partial charge in [0.2, 0.25) is 0 Å². The zero-order valence-electron chi connectivity index (χ0n) is 11.5. The lowest BCUT2D eigenvalue weighted by Crippen LogP contribution is -2.26. The number of hydrogen-bond acceptors (Lipinski definition) is 2. The second-order valence-corrected chi connectivity index (χ2v) is 6.31. The molecule has 0 aliphatic carbocycles.